The number of carbonyl (C=O) groups is 2. The van der Waals surface area contributed by atoms with Gasteiger partial charge in [-0.1, -0.05) is 23.7 Å². The molecule has 2 aromatic carbocycles. The Morgan fingerprint density at radius 1 is 1.09 bits per heavy atom. The Bertz CT molecular complexity index is 1300. The fourth-order valence-electron chi connectivity index (χ4n) is 2.69. The summed E-state index contributed by atoms with van der Waals surface area (Å²) < 4.78 is 33.1. The molecule has 172 valence electrons. The highest BCUT2D eigenvalue weighted by Crippen LogP contribution is 2.30. The van der Waals surface area contributed by atoms with Gasteiger partial charge in [0.25, 0.3) is 15.9 Å². The summed E-state index contributed by atoms with van der Waals surface area (Å²) in [7, 11) is -2.66. The molecule has 3 rings (SSSR count). The van der Waals surface area contributed by atoms with E-state index in [1.165, 1.54) is 37.6 Å². The number of amides is 2. The molecule has 0 atom stereocenters. The molecule has 33 heavy (non-hydrogen) atoms. The maximum absolute atomic E-state index is 12.8. The normalized spacial score (nSPS) is 10.8. The van der Waals surface area contributed by atoms with Crippen LogP contribution in [-0.4, -0.2) is 44.0 Å². The highest BCUT2D eigenvalue weighted by atomic mass is 35.5. The van der Waals surface area contributed by atoms with E-state index in [1.54, 1.807) is 18.2 Å². The van der Waals surface area contributed by atoms with Crippen molar-refractivity contribution in [3.05, 3.63) is 71.5 Å². The molecule has 0 saturated heterocycles. The minimum absolute atomic E-state index is 0.0219. The summed E-state index contributed by atoms with van der Waals surface area (Å²) in [6.45, 7) is -0.455. The molecule has 0 aliphatic rings. The van der Waals surface area contributed by atoms with E-state index >= 15 is 0 Å². The van der Waals surface area contributed by atoms with Gasteiger partial charge < -0.3 is 20.5 Å². The monoisotopic (exact) mass is 490 g/mol. The number of anilines is 2. The second kappa shape index (κ2) is 10.2. The molecular formula is C21H19ClN4O6S. The summed E-state index contributed by atoms with van der Waals surface area (Å²) in [4.78, 5) is 27.9. The lowest BCUT2D eigenvalue weighted by molar-refractivity contribution is -0.115. The number of hydrogen-bond acceptors (Lipinski definition) is 7. The van der Waals surface area contributed by atoms with Crippen molar-refractivity contribution in [2.45, 2.75) is 4.90 Å². The molecular weight excluding hydrogens is 472 g/mol. The van der Waals surface area contributed by atoms with Crippen LogP contribution in [0.4, 0.5) is 11.4 Å². The molecule has 0 fully saturated rings. The lowest BCUT2D eigenvalue weighted by Crippen LogP contribution is -2.33. The summed E-state index contributed by atoms with van der Waals surface area (Å²) in [6, 6.07) is 12.7. The largest absolute Gasteiger partial charge is 0.506 e. The predicted octanol–water partition coefficient (Wildman–Crippen LogP) is 2.62. The maximum atomic E-state index is 12.8. The van der Waals surface area contributed by atoms with Gasteiger partial charge in [0.1, 0.15) is 17.2 Å². The van der Waals surface area contributed by atoms with Crippen molar-refractivity contribution in [1.29, 1.82) is 0 Å². The molecule has 0 unspecified atom stereocenters. The van der Waals surface area contributed by atoms with Crippen LogP contribution >= 0.6 is 11.6 Å². The number of phenolic OH excluding ortho intramolecular Hbond substituents is 1. The van der Waals surface area contributed by atoms with Crippen molar-refractivity contribution in [3.8, 4) is 11.5 Å². The van der Waals surface area contributed by atoms with Crippen LogP contribution in [0.1, 0.15) is 10.5 Å². The summed E-state index contributed by atoms with van der Waals surface area (Å²) in [5, 5.41) is 15.1. The Kier molecular flexibility index (Phi) is 7.36. The summed E-state index contributed by atoms with van der Waals surface area (Å²) in [5.74, 6) is -1.37. The average molecular weight is 491 g/mol. The Morgan fingerprint density at radius 3 is 2.58 bits per heavy atom. The fraction of sp³-hybridized carbons (Fsp3) is 0.0952. The standard InChI is InChI=1S/C21H19ClN4O6S/c1-32-19-5-3-2-4-15(19)26-33(30,31)14-6-7-18(27)16(11-14)25-20(28)12-24-21(29)17-10-13(22)8-9-23-17/h2-11,26-27H,12H2,1H3,(H,24,29)(H,25,28). The first-order chi connectivity index (χ1) is 15.7. The van der Waals surface area contributed by atoms with Crippen LogP contribution in [0.15, 0.2) is 65.7 Å². The second-order valence-electron chi connectivity index (χ2n) is 6.57. The lowest BCUT2D eigenvalue weighted by Gasteiger charge is -2.13. The number of carbonyl (C=O) groups excluding carboxylic acids is 2. The first kappa shape index (κ1) is 23.8. The Hall–Kier alpha value is -3.83. The maximum Gasteiger partial charge on any atom is 0.270 e. The first-order valence-corrected chi connectivity index (χ1v) is 11.2. The number of sulfonamides is 1. The molecule has 2 amide bonds. The zero-order valence-corrected chi connectivity index (χ0v) is 18.8. The molecule has 4 N–H and O–H groups in total. The second-order valence-corrected chi connectivity index (χ2v) is 8.69. The third kappa shape index (κ3) is 6.11. The van der Waals surface area contributed by atoms with E-state index in [4.69, 9.17) is 16.3 Å². The number of phenols is 1. The highest BCUT2D eigenvalue weighted by molar-refractivity contribution is 7.92. The SMILES string of the molecule is COc1ccccc1NS(=O)(=O)c1ccc(O)c(NC(=O)CNC(=O)c2cc(Cl)ccn2)c1. The number of rotatable bonds is 8. The molecule has 0 radical (unpaired) electrons. The quantitative estimate of drug-likeness (QED) is 0.355. The van der Waals surface area contributed by atoms with Crippen molar-refractivity contribution in [2.24, 2.45) is 0 Å². The van der Waals surface area contributed by atoms with Gasteiger partial charge in [-0.15, -0.1) is 0 Å². The van der Waals surface area contributed by atoms with E-state index in [1.807, 2.05) is 0 Å². The third-order valence-electron chi connectivity index (χ3n) is 4.27. The van der Waals surface area contributed by atoms with Crippen molar-refractivity contribution in [1.82, 2.24) is 10.3 Å². The van der Waals surface area contributed by atoms with E-state index in [-0.39, 0.29) is 27.7 Å². The molecule has 3 aromatic rings. The van der Waals surface area contributed by atoms with E-state index < -0.39 is 28.4 Å². The minimum Gasteiger partial charge on any atom is -0.506 e. The van der Waals surface area contributed by atoms with Gasteiger partial charge in [-0.2, -0.15) is 0 Å². The molecule has 0 spiro atoms. The Balaban J connectivity index is 1.70. The number of nitrogens with one attached hydrogen (secondary N) is 3. The highest BCUT2D eigenvalue weighted by Gasteiger charge is 2.19. The van der Waals surface area contributed by atoms with E-state index in [2.05, 4.69) is 20.3 Å². The van der Waals surface area contributed by atoms with Crippen LogP contribution in [0.5, 0.6) is 11.5 Å². The average Bonchev–Trinajstić information content (AvgIpc) is 2.79. The van der Waals surface area contributed by atoms with Crippen LogP contribution in [0.3, 0.4) is 0 Å². The van der Waals surface area contributed by atoms with Crippen molar-refractivity contribution < 1.29 is 27.9 Å². The molecule has 12 heteroatoms. The van der Waals surface area contributed by atoms with Gasteiger partial charge in [-0.05, 0) is 42.5 Å². The van der Waals surface area contributed by atoms with Gasteiger partial charge >= 0.3 is 0 Å². The number of aromatic nitrogens is 1. The lowest BCUT2D eigenvalue weighted by atomic mass is 10.3. The van der Waals surface area contributed by atoms with Crippen LogP contribution in [0.25, 0.3) is 0 Å². The zero-order chi connectivity index (χ0) is 24.0. The minimum atomic E-state index is -4.07. The van der Waals surface area contributed by atoms with Gasteiger partial charge in [0.2, 0.25) is 5.91 Å². The smallest absolute Gasteiger partial charge is 0.270 e. The molecule has 0 saturated carbocycles. The topological polar surface area (TPSA) is 147 Å². The summed E-state index contributed by atoms with van der Waals surface area (Å²) in [5.41, 5.74) is 0.0858. The number of ether oxygens (including phenoxy) is 1. The van der Waals surface area contributed by atoms with Crippen molar-refractivity contribution >= 4 is 44.8 Å². The van der Waals surface area contributed by atoms with Crippen LogP contribution in [0, 0.1) is 0 Å². The molecule has 1 heterocycles. The number of benzene rings is 2. The van der Waals surface area contributed by atoms with Gasteiger partial charge in [-0.3, -0.25) is 19.3 Å². The van der Waals surface area contributed by atoms with Crippen LogP contribution in [0.2, 0.25) is 5.02 Å². The Morgan fingerprint density at radius 2 is 1.85 bits per heavy atom. The number of methoxy groups -OCH3 is 1. The van der Waals surface area contributed by atoms with Crippen LogP contribution < -0.4 is 20.1 Å². The zero-order valence-electron chi connectivity index (χ0n) is 17.2. The Labute approximate surface area is 194 Å². The summed E-state index contributed by atoms with van der Waals surface area (Å²) in [6.07, 6.45) is 1.35. The number of para-hydroxylation sites is 2. The number of aromatic hydroxyl groups is 1. The number of pyridine rings is 1. The van der Waals surface area contributed by atoms with Crippen molar-refractivity contribution in [3.63, 3.8) is 0 Å². The fourth-order valence-corrected chi connectivity index (χ4v) is 3.95. The van der Waals surface area contributed by atoms with Gasteiger partial charge in [0, 0.05) is 11.2 Å². The van der Waals surface area contributed by atoms with E-state index in [0.717, 1.165) is 12.1 Å². The molecule has 0 aliphatic carbocycles. The molecule has 10 nitrogen and oxygen atoms in total. The predicted molar refractivity (Wildman–Crippen MR) is 122 cm³/mol. The first-order valence-electron chi connectivity index (χ1n) is 9.38. The van der Waals surface area contributed by atoms with Crippen LogP contribution in [-0.2, 0) is 14.8 Å². The van der Waals surface area contributed by atoms with Gasteiger partial charge in [-0.25, -0.2) is 8.42 Å². The molecule has 0 bridgehead atoms. The van der Waals surface area contributed by atoms with E-state index in [9.17, 15) is 23.1 Å². The number of hydrogen-bond donors (Lipinski definition) is 4. The number of nitrogens with zero attached hydrogens (tertiary/aromatic N) is 1. The van der Waals surface area contributed by atoms with Gasteiger partial charge in [0.05, 0.1) is 29.9 Å². The third-order valence-corrected chi connectivity index (χ3v) is 5.87. The molecule has 1 aromatic heterocycles. The summed E-state index contributed by atoms with van der Waals surface area (Å²) >= 11 is 5.81. The van der Waals surface area contributed by atoms with E-state index in [0.29, 0.717) is 10.8 Å². The van der Waals surface area contributed by atoms with Gasteiger partial charge in [0.15, 0.2) is 0 Å². The molecule has 0 aliphatic heterocycles. The van der Waals surface area contributed by atoms with Crippen molar-refractivity contribution in [2.75, 3.05) is 23.7 Å². The number of halogens is 1.